The summed E-state index contributed by atoms with van der Waals surface area (Å²) in [5.41, 5.74) is 4.61. The van der Waals surface area contributed by atoms with Crippen LogP contribution in [0.2, 0.25) is 0 Å². The first-order valence-electron chi connectivity index (χ1n) is 4.16. The zero-order valence-electron chi connectivity index (χ0n) is 7.99. The number of carbonyl (C=O) groups is 1. The smallest absolute Gasteiger partial charge is 0.364 e. The summed E-state index contributed by atoms with van der Waals surface area (Å²) in [5, 5.41) is 3.40. The van der Waals surface area contributed by atoms with Crippen LogP contribution in [0.4, 0.5) is 23.7 Å². The average Bonchev–Trinajstić information content (AvgIpc) is 2.30. The SMILES string of the molecule is NC1=NOC(=O)ON1c1ccc(F)c(F)c1F. The topological polar surface area (TPSA) is 77.2 Å². The lowest BCUT2D eigenvalue weighted by molar-refractivity contribution is 0.0444. The molecule has 6 nitrogen and oxygen atoms in total. The molecule has 1 heterocycles. The van der Waals surface area contributed by atoms with Gasteiger partial charge in [-0.25, -0.2) is 13.2 Å². The van der Waals surface area contributed by atoms with E-state index in [-0.39, 0.29) is 0 Å². The second-order valence-electron chi connectivity index (χ2n) is 2.87. The van der Waals surface area contributed by atoms with Crippen molar-refractivity contribution < 1.29 is 27.6 Å². The second kappa shape index (κ2) is 3.85. The predicted molar refractivity (Wildman–Crippen MR) is 48.0 cm³/mol. The van der Waals surface area contributed by atoms with Crippen LogP contribution >= 0.6 is 0 Å². The van der Waals surface area contributed by atoms with Crippen molar-refractivity contribution in [1.82, 2.24) is 0 Å². The van der Waals surface area contributed by atoms with E-state index < -0.39 is 35.3 Å². The highest BCUT2D eigenvalue weighted by molar-refractivity contribution is 5.95. The fourth-order valence-electron chi connectivity index (χ4n) is 1.10. The second-order valence-corrected chi connectivity index (χ2v) is 2.87. The van der Waals surface area contributed by atoms with Crippen molar-refractivity contribution in [1.29, 1.82) is 0 Å². The molecule has 0 radical (unpaired) electrons. The maximum absolute atomic E-state index is 13.3. The van der Waals surface area contributed by atoms with Gasteiger partial charge in [0.05, 0.1) is 0 Å². The van der Waals surface area contributed by atoms with Crippen LogP contribution in [-0.2, 0) is 9.68 Å². The molecule has 0 unspecified atom stereocenters. The lowest BCUT2D eigenvalue weighted by Gasteiger charge is -2.23. The lowest BCUT2D eigenvalue weighted by atomic mass is 10.3. The van der Waals surface area contributed by atoms with Crippen molar-refractivity contribution in [3.05, 3.63) is 29.6 Å². The summed E-state index contributed by atoms with van der Waals surface area (Å²) in [5.74, 6) is -5.23. The van der Waals surface area contributed by atoms with Crippen molar-refractivity contribution in [3.8, 4) is 0 Å². The molecule has 0 aromatic heterocycles. The zero-order valence-corrected chi connectivity index (χ0v) is 7.99. The van der Waals surface area contributed by atoms with Crippen LogP contribution in [-0.4, -0.2) is 12.1 Å². The molecule has 17 heavy (non-hydrogen) atoms. The standard InChI is InChI=1S/C8H4F3N3O3/c9-3-1-2-4(6(11)5(3)10)14-7(12)13-16-8(15)17-14/h1-2H,(H2,12,13). The van der Waals surface area contributed by atoms with Crippen LogP contribution < -0.4 is 10.8 Å². The first kappa shape index (κ1) is 11.0. The van der Waals surface area contributed by atoms with Gasteiger partial charge in [0, 0.05) is 0 Å². The van der Waals surface area contributed by atoms with Gasteiger partial charge in [-0.3, -0.25) is 9.68 Å². The highest BCUT2D eigenvalue weighted by atomic mass is 19.2. The molecule has 1 aromatic carbocycles. The summed E-state index contributed by atoms with van der Waals surface area (Å²) in [6.07, 6.45) is -1.29. The van der Waals surface area contributed by atoms with E-state index in [2.05, 4.69) is 14.8 Å². The van der Waals surface area contributed by atoms with Gasteiger partial charge in [0.25, 0.3) is 5.96 Å². The average molecular weight is 247 g/mol. The number of oxime groups is 1. The summed E-state index contributed by atoms with van der Waals surface area (Å²) in [4.78, 5) is 19.1. The number of carbonyl (C=O) groups excluding carboxylic acids is 1. The van der Waals surface area contributed by atoms with E-state index in [1.165, 1.54) is 0 Å². The van der Waals surface area contributed by atoms with Gasteiger partial charge in [-0.15, -0.1) is 5.06 Å². The zero-order chi connectivity index (χ0) is 12.6. The van der Waals surface area contributed by atoms with E-state index in [1.54, 1.807) is 0 Å². The molecule has 1 aromatic rings. The number of hydroxylamine groups is 1. The Morgan fingerprint density at radius 2 is 1.94 bits per heavy atom. The molecule has 0 saturated heterocycles. The Kier molecular flexibility index (Phi) is 2.50. The Balaban J connectivity index is 2.47. The van der Waals surface area contributed by atoms with E-state index >= 15 is 0 Å². The molecule has 0 spiro atoms. The van der Waals surface area contributed by atoms with E-state index in [4.69, 9.17) is 5.73 Å². The number of nitrogens with two attached hydrogens (primary N) is 1. The maximum atomic E-state index is 13.3. The van der Waals surface area contributed by atoms with Crippen molar-refractivity contribution in [2.45, 2.75) is 0 Å². The molecule has 2 N–H and O–H groups in total. The third-order valence-electron chi connectivity index (χ3n) is 1.82. The summed E-state index contributed by atoms with van der Waals surface area (Å²) in [6.45, 7) is 0. The van der Waals surface area contributed by atoms with Crippen molar-refractivity contribution >= 4 is 17.8 Å². The van der Waals surface area contributed by atoms with Gasteiger partial charge >= 0.3 is 6.16 Å². The Labute approximate surface area is 91.9 Å². The first-order chi connectivity index (χ1) is 8.00. The molecule has 90 valence electrons. The van der Waals surface area contributed by atoms with Gasteiger partial charge < -0.3 is 5.73 Å². The number of hydrogen-bond acceptors (Lipinski definition) is 6. The van der Waals surface area contributed by atoms with Crippen LogP contribution in [0.1, 0.15) is 0 Å². The summed E-state index contributed by atoms with van der Waals surface area (Å²) in [7, 11) is 0. The maximum Gasteiger partial charge on any atom is 0.561 e. The molecule has 0 bridgehead atoms. The molecule has 0 amide bonds. The predicted octanol–water partition coefficient (Wildman–Crippen LogP) is 1.22. The molecule has 1 aliphatic rings. The Morgan fingerprint density at radius 3 is 2.65 bits per heavy atom. The number of rotatable bonds is 1. The summed E-state index contributed by atoms with van der Waals surface area (Å²) in [6, 6.07) is 1.47. The van der Waals surface area contributed by atoms with E-state index in [1.807, 2.05) is 0 Å². The van der Waals surface area contributed by atoms with Crippen LogP contribution in [0.3, 0.4) is 0 Å². The molecule has 0 atom stereocenters. The van der Waals surface area contributed by atoms with Crippen molar-refractivity contribution in [2.24, 2.45) is 10.9 Å². The van der Waals surface area contributed by atoms with Crippen LogP contribution in [0.5, 0.6) is 0 Å². The molecule has 9 heteroatoms. The third kappa shape index (κ3) is 1.82. The molecular formula is C8H4F3N3O3. The normalized spacial score (nSPS) is 15.1. The van der Waals surface area contributed by atoms with Gasteiger partial charge in [-0.1, -0.05) is 0 Å². The molecule has 2 rings (SSSR count). The Hall–Kier alpha value is -2.45. The molecule has 0 fully saturated rings. The molecule has 0 aliphatic carbocycles. The minimum Gasteiger partial charge on any atom is -0.364 e. The number of hydrogen-bond donors (Lipinski definition) is 1. The third-order valence-corrected chi connectivity index (χ3v) is 1.82. The van der Waals surface area contributed by atoms with E-state index in [0.717, 1.165) is 6.07 Å². The minimum atomic E-state index is -1.72. The van der Waals surface area contributed by atoms with E-state index in [9.17, 15) is 18.0 Å². The molecule has 0 saturated carbocycles. The summed E-state index contributed by atoms with van der Waals surface area (Å²) < 4.78 is 39.0. The number of anilines is 1. The van der Waals surface area contributed by atoms with Crippen molar-refractivity contribution in [3.63, 3.8) is 0 Å². The van der Waals surface area contributed by atoms with Gasteiger partial charge in [0.1, 0.15) is 5.69 Å². The number of halogens is 3. The number of nitrogens with zero attached hydrogens (tertiary/aromatic N) is 2. The van der Waals surface area contributed by atoms with Crippen molar-refractivity contribution in [2.75, 3.05) is 5.06 Å². The summed E-state index contributed by atoms with van der Waals surface area (Å²) >= 11 is 0. The van der Waals surface area contributed by atoms with Gasteiger partial charge in [0.2, 0.25) is 0 Å². The number of guanidine groups is 1. The molecule has 1 aliphatic heterocycles. The monoisotopic (exact) mass is 247 g/mol. The fourth-order valence-corrected chi connectivity index (χ4v) is 1.10. The van der Waals surface area contributed by atoms with Gasteiger partial charge in [0.15, 0.2) is 17.5 Å². The Bertz CT molecular complexity index is 520. The quantitative estimate of drug-likeness (QED) is 0.596. The van der Waals surface area contributed by atoms with Crippen LogP contribution in [0.25, 0.3) is 0 Å². The number of benzene rings is 1. The Morgan fingerprint density at radius 1 is 1.24 bits per heavy atom. The van der Waals surface area contributed by atoms with Gasteiger partial charge in [-0.2, -0.15) is 4.79 Å². The fraction of sp³-hybridized carbons (Fsp3) is 0. The van der Waals surface area contributed by atoms with E-state index in [0.29, 0.717) is 11.1 Å². The highest BCUT2D eigenvalue weighted by Gasteiger charge is 2.28. The minimum absolute atomic E-state index is 0.379. The molecular weight excluding hydrogens is 243 g/mol. The lowest BCUT2D eigenvalue weighted by Crippen LogP contribution is -2.43. The largest absolute Gasteiger partial charge is 0.561 e. The first-order valence-corrected chi connectivity index (χ1v) is 4.16. The van der Waals surface area contributed by atoms with Crippen LogP contribution in [0, 0.1) is 17.5 Å². The highest BCUT2D eigenvalue weighted by Crippen LogP contribution is 2.25. The van der Waals surface area contributed by atoms with Crippen LogP contribution in [0.15, 0.2) is 17.3 Å². The van der Waals surface area contributed by atoms with Gasteiger partial charge in [-0.05, 0) is 17.3 Å².